The van der Waals surface area contributed by atoms with Gasteiger partial charge in [0.05, 0.1) is 5.69 Å². The highest BCUT2D eigenvalue weighted by Crippen LogP contribution is 2.04. The molecule has 6 heteroatoms. The van der Waals surface area contributed by atoms with Crippen molar-refractivity contribution in [2.75, 3.05) is 13.2 Å². The van der Waals surface area contributed by atoms with Crippen molar-refractivity contribution >= 4 is 5.91 Å². The number of aliphatic hydroxyl groups is 1. The van der Waals surface area contributed by atoms with Crippen LogP contribution < -0.4 is 10.9 Å². The number of H-pyrrole nitrogens is 1. The number of aryl methyl sites for hydroxylation is 1. The van der Waals surface area contributed by atoms with Gasteiger partial charge < -0.3 is 10.4 Å². The van der Waals surface area contributed by atoms with Crippen molar-refractivity contribution in [1.29, 1.82) is 0 Å². The lowest BCUT2D eigenvalue weighted by atomic mass is 10.1. The van der Waals surface area contributed by atoms with Gasteiger partial charge in [0.25, 0.3) is 11.5 Å². The maximum atomic E-state index is 11.9. The summed E-state index contributed by atoms with van der Waals surface area (Å²) in [6.07, 6.45) is 2.36. The van der Waals surface area contributed by atoms with Gasteiger partial charge in [0, 0.05) is 13.2 Å². The molecule has 1 aromatic heterocycles. The van der Waals surface area contributed by atoms with Crippen LogP contribution in [-0.4, -0.2) is 34.4 Å². The Morgan fingerprint density at radius 2 is 2.06 bits per heavy atom. The molecule has 100 valence electrons. The molecule has 6 nitrogen and oxygen atoms in total. The smallest absolute Gasteiger partial charge is 0.277 e. The first-order valence-corrected chi connectivity index (χ1v) is 6.03. The molecule has 1 amide bonds. The van der Waals surface area contributed by atoms with Crippen molar-refractivity contribution in [1.82, 2.24) is 15.5 Å². The van der Waals surface area contributed by atoms with Gasteiger partial charge >= 0.3 is 0 Å². The first kappa shape index (κ1) is 14.4. The van der Waals surface area contributed by atoms with Gasteiger partial charge in [0.15, 0.2) is 0 Å². The molecule has 0 saturated heterocycles. The number of aliphatic hydroxyl groups excluding tert-OH is 1. The van der Waals surface area contributed by atoms with E-state index in [0.29, 0.717) is 17.8 Å². The number of hydrogen-bond acceptors (Lipinski definition) is 4. The summed E-state index contributed by atoms with van der Waals surface area (Å²) in [5.41, 5.74) is 0.905. The maximum absolute atomic E-state index is 11.9. The Hall–Kier alpha value is -1.69. The lowest BCUT2D eigenvalue weighted by molar-refractivity contribution is 0.0950. The van der Waals surface area contributed by atoms with E-state index in [1.54, 1.807) is 13.8 Å². The van der Waals surface area contributed by atoms with Crippen molar-refractivity contribution in [3.8, 4) is 0 Å². The second-order valence-corrected chi connectivity index (χ2v) is 4.18. The second kappa shape index (κ2) is 6.90. The van der Waals surface area contributed by atoms with Gasteiger partial charge in [0.2, 0.25) is 0 Å². The van der Waals surface area contributed by atoms with Crippen LogP contribution in [0.25, 0.3) is 0 Å². The summed E-state index contributed by atoms with van der Waals surface area (Å²) in [5, 5.41) is 17.4. The van der Waals surface area contributed by atoms with Crippen LogP contribution in [0.4, 0.5) is 0 Å². The highest BCUT2D eigenvalue weighted by molar-refractivity contribution is 5.95. The molecule has 0 unspecified atom stereocenters. The number of carbonyl (C=O) groups excluding carboxylic acids is 1. The van der Waals surface area contributed by atoms with E-state index in [9.17, 15) is 9.59 Å². The number of rotatable bonds is 6. The van der Waals surface area contributed by atoms with E-state index in [0.717, 1.165) is 19.3 Å². The minimum Gasteiger partial charge on any atom is -0.396 e. The quantitative estimate of drug-likeness (QED) is 0.634. The molecule has 0 aliphatic rings. The third-order valence-electron chi connectivity index (χ3n) is 2.82. The van der Waals surface area contributed by atoms with Crippen molar-refractivity contribution < 1.29 is 9.90 Å². The third-order valence-corrected chi connectivity index (χ3v) is 2.82. The monoisotopic (exact) mass is 253 g/mol. The van der Waals surface area contributed by atoms with Crippen LogP contribution in [0.3, 0.4) is 0 Å². The maximum Gasteiger partial charge on any atom is 0.277 e. The van der Waals surface area contributed by atoms with Crippen molar-refractivity contribution in [3.05, 3.63) is 27.2 Å². The number of amides is 1. The molecular formula is C12H19N3O3. The number of nitrogens with one attached hydrogen (secondary N) is 2. The van der Waals surface area contributed by atoms with Gasteiger partial charge in [0.1, 0.15) is 5.56 Å². The van der Waals surface area contributed by atoms with Crippen molar-refractivity contribution in [3.63, 3.8) is 0 Å². The first-order valence-electron chi connectivity index (χ1n) is 6.03. The highest BCUT2D eigenvalue weighted by Gasteiger charge is 2.15. The van der Waals surface area contributed by atoms with Gasteiger partial charge in [-0.05, 0) is 38.7 Å². The fourth-order valence-corrected chi connectivity index (χ4v) is 1.60. The van der Waals surface area contributed by atoms with Crippen LogP contribution in [0.5, 0.6) is 0 Å². The number of nitrogens with zero attached hydrogens (tertiary/aromatic N) is 1. The van der Waals surface area contributed by atoms with E-state index in [1.165, 1.54) is 0 Å². The molecule has 0 spiro atoms. The SMILES string of the molecule is Cc1n[nH]c(=O)c(C(=O)NCCCCCO)c1C. The molecule has 0 bridgehead atoms. The topological polar surface area (TPSA) is 95.1 Å². The summed E-state index contributed by atoms with van der Waals surface area (Å²) in [6, 6.07) is 0. The second-order valence-electron chi connectivity index (χ2n) is 4.18. The summed E-state index contributed by atoms with van der Waals surface area (Å²) in [7, 11) is 0. The Balaban J connectivity index is 2.62. The average Bonchev–Trinajstić information content (AvgIpc) is 2.34. The minimum absolute atomic E-state index is 0.129. The Morgan fingerprint density at radius 1 is 1.33 bits per heavy atom. The number of aromatic amines is 1. The van der Waals surface area contributed by atoms with Crippen LogP contribution in [-0.2, 0) is 0 Å². The van der Waals surface area contributed by atoms with Crippen molar-refractivity contribution in [2.24, 2.45) is 0 Å². The van der Waals surface area contributed by atoms with Gasteiger partial charge in [-0.2, -0.15) is 5.10 Å². The van der Waals surface area contributed by atoms with E-state index in [2.05, 4.69) is 15.5 Å². The summed E-state index contributed by atoms with van der Waals surface area (Å²) < 4.78 is 0. The lowest BCUT2D eigenvalue weighted by Gasteiger charge is -2.07. The molecule has 0 radical (unpaired) electrons. The number of unbranched alkanes of at least 4 members (excludes halogenated alkanes) is 2. The Bertz CT molecular complexity index is 468. The van der Waals surface area contributed by atoms with Gasteiger partial charge in [-0.25, -0.2) is 5.10 Å². The number of hydrogen-bond donors (Lipinski definition) is 3. The van der Waals surface area contributed by atoms with Gasteiger partial charge in [-0.15, -0.1) is 0 Å². The predicted octanol–water partition coefficient (Wildman–Crippen LogP) is 0.279. The molecule has 1 aromatic rings. The molecule has 1 rings (SSSR count). The van der Waals surface area contributed by atoms with E-state index >= 15 is 0 Å². The zero-order valence-electron chi connectivity index (χ0n) is 10.7. The van der Waals surface area contributed by atoms with E-state index < -0.39 is 5.56 Å². The zero-order valence-corrected chi connectivity index (χ0v) is 10.7. The molecule has 18 heavy (non-hydrogen) atoms. The molecule has 0 fully saturated rings. The first-order chi connectivity index (χ1) is 8.57. The van der Waals surface area contributed by atoms with Crippen LogP contribution in [0.1, 0.15) is 40.9 Å². The summed E-state index contributed by atoms with van der Waals surface area (Å²) >= 11 is 0. The lowest BCUT2D eigenvalue weighted by Crippen LogP contribution is -2.32. The Morgan fingerprint density at radius 3 is 2.72 bits per heavy atom. The summed E-state index contributed by atoms with van der Waals surface area (Å²) in [5.74, 6) is -0.372. The fourth-order valence-electron chi connectivity index (χ4n) is 1.60. The van der Waals surface area contributed by atoms with Gasteiger partial charge in [-0.1, -0.05) is 0 Å². The third kappa shape index (κ3) is 3.66. The molecule has 3 N–H and O–H groups in total. The summed E-state index contributed by atoms with van der Waals surface area (Å²) in [6.45, 7) is 4.11. The predicted molar refractivity (Wildman–Crippen MR) is 67.6 cm³/mol. The molecule has 0 aliphatic heterocycles. The van der Waals surface area contributed by atoms with Crippen LogP contribution in [0.15, 0.2) is 4.79 Å². The summed E-state index contributed by atoms with van der Waals surface area (Å²) in [4.78, 5) is 23.4. The molecule has 0 aliphatic carbocycles. The fraction of sp³-hybridized carbons (Fsp3) is 0.583. The number of aromatic nitrogens is 2. The molecule has 1 heterocycles. The van der Waals surface area contributed by atoms with Crippen LogP contribution in [0, 0.1) is 13.8 Å². The number of carbonyl (C=O) groups is 1. The zero-order chi connectivity index (χ0) is 13.5. The van der Waals surface area contributed by atoms with Crippen LogP contribution in [0.2, 0.25) is 0 Å². The highest BCUT2D eigenvalue weighted by atomic mass is 16.3. The minimum atomic E-state index is -0.467. The normalized spacial score (nSPS) is 10.4. The van der Waals surface area contributed by atoms with Crippen LogP contribution >= 0.6 is 0 Å². The molecule has 0 saturated carbocycles. The molecule has 0 aromatic carbocycles. The Kier molecular flexibility index (Phi) is 5.51. The van der Waals surface area contributed by atoms with Gasteiger partial charge in [-0.3, -0.25) is 9.59 Å². The standard InChI is InChI=1S/C12H19N3O3/c1-8-9(2)14-15-12(18)10(8)11(17)13-6-4-3-5-7-16/h16H,3-7H2,1-2H3,(H,13,17)(H,15,18). The molecular weight excluding hydrogens is 234 g/mol. The van der Waals surface area contributed by atoms with E-state index in [-0.39, 0.29) is 18.1 Å². The largest absolute Gasteiger partial charge is 0.396 e. The van der Waals surface area contributed by atoms with E-state index in [4.69, 9.17) is 5.11 Å². The molecule has 0 atom stereocenters. The van der Waals surface area contributed by atoms with E-state index in [1.807, 2.05) is 0 Å². The average molecular weight is 253 g/mol. The van der Waals surface area contributed by atoms with Crippen molar-refractivity contribution in [2.45, 2.75) is 33.1 Å². The Labute approximate surface area is 105 Å².